The highest BCUT2D eigenvalue weighted by Crippen LogP contribution is 2.50. The Morgan fingerprint density at radius 2 is 1.43 bits per heavy atom. The zero-order chi connectivity index (χ0) is 23.4. The molecule has 0 saturated carbocycles. The topological polar surface area (TPSA) is 3.24 Å². The van der Waals surface area contributed by atoms with Gasteiger partial charge in [-0.15, -0.1) is 0 Å². The molecule has 2 aliphatic rings. The minimum atomic E-state index is -0.0775. The van der Waals surface area contributed by atoms with Gasteiger partial charge in [-0.25, -0.2) is 0 Å². The van der Waals surface area contributed by atoms with Gasteiger partial charge in [0.2, 0.25) is 0 Å². The molecule has 0 N–H and O–H groups in total. The first-order chi connectivity index (χ1) is 14.0. The summed E-state index contributed by atoms with van der Waals surface area (Å²) in [6.45, 7) is 30.1. The predicted molar refractivity (Wildman–Crippen MR) is 136 cm³/mol. The van der Waals surface area contributed by atoms with E-state index in [1.807, 2.05) is 33.8 Å². The van der Waals surface area contributed by atoms with E-state index in [9.17, 15) is 0 Å². The first-order valence-electron chi connectivity index (χ1n) is 11.3. The Hall–Kier alpha value is -2.28. The molecule has 1 heteroatoms. The monoisotopic (exact) mass is 405 g/mol. The molecule has 30 heavy (non-hydrogen) atoms. The van der Waals surface area contributed by atoms with Gasteiger partial charge in [-0.2, -0.15) is 0 Å². The molecular formula is C29H43N. The van der Waals surface area contributed by atoms with Crippen LogP contribution in [0.3, 0.4) is 0 Å². The molecule has 0 spiro atoms. The molecule has 0 amide bonds. The molecule has 164 valence electrons. The maximum atomic E-state index is 4.48. The standard InChI is InChI=1S/C25H31N.2C2H6/c1-10-22-17(3)24(5,6)18(4)23(26(22)9)15-21-16(2)19-13-11-12-14-20(19)25(21,7)8;2*1-2/h10-15H,1,4H2,2-3,5-9H3;2*1-2H3/b23-15+;;. The van der Waals surface area contributed by atoms with Crippen molar-refractivity contribution >= 4 is 5.57 Å². The van der Waals surface area contributed by atoms with Gasteiger partial charge in [-0.05, 0) is 59.4 Å². The summed E-state index contributed by atoms with van der Waals surface area (Å²) >= 11 is 0. The Kier molecular flexibility index (Phi) is 8.32. The summed E-state index contributed by atoms with van der Waals surface area (Å²) in [5, 5.41) is 0. The Labute approximate surface area is 186 Å². The number of allylic oxidation sites excluding steroid dienone is 6. The highest BCUT2D eigenvalue weighted by Gasteiger charge is 2.38. The molecule has 1 aromatic rings. The van der Waals surface area contributed by atoms with Crippen molar-refractivity contribution in [3.05, 3.63) is 88.8 Å². The number of fused-ring (bicyclic) bond motifs is 1. The lowest BCUT2D eigenvalue weighted by Gasteiger charge is -2.43. The SMILES string of the molecule is C=CC1=C(C)C(C)(C)C(=C)/C(=C\C2=C(C)c3ccccc3C2(C)C)N1C.CC.CC. The van der Waals surface area contributed by atoms with Gasteiger partial charge >= 0.3 is 0 Å². The molecule has 1 aromatic carbocycles. The van der Waals surface area contributed by atoms with E-state index in [1.54, 1.807) is 0 Å². The highest BCUT2D eigenvalue weighted by molar-refractivity contribution is 5.81. The quantitative estimate of drug-likeness (QED) is 0.475. The van der Waals surface area contributed by atoms with Crippen molar-refractivity contribution in [1.29, 1.82) is 0 Å². The van der Waals surface area contributed by atoms with Crippen LogP contribution >= 0.6 is 0 Å². The van der Waals surface area contributed by atoms with Gasteiger partial charge in [-0.1, -0.05) is 92.8 Å². The van der Waals surface area contributed by atoms with E-state index in [0.717, 1.165) is 5.57 Å². The van der Waals surface area contributed by atoms with E-state index in [-0.39, 0.29) is 10.8 Å². The molecule has 0 aromatic heterocycles. The second-order valence-electron chi connectivity index (χ2n) is 8.62. The Bertz CT molecular complexity index is 900. The Balaban J connectivity index is 0.00000106. The number of nitrogens with zero attached hydrogens (tertiary/aromatic N) is 1. The molecule has 1 heterocycles. The second-order valence-corrected chi connectivity index (χ2v) is 8.62. The number of likely N-dealkylation sites (N-methyl/N-ethyl adjacent to an activating group) is 1. The molecule has 3 rings (SSSR count). The van der Waals surface area contributed by atoms with Crippen LogP contribution in [0.2, 0.25) is 0 Å². The lowest BCUT2D eigenvalue weighted by molar-refractivity contribution is 0.417. The van der Waals surface area contributed by atoms with Gasteiger partial charge in [0.1, 0.15) is 0 Å². The van der Waals surface area contributed by atoms with E-state index in [4.69, 9.17) is 0 Å². The second kappa shape index (κ2) is 9.69. The van der Waals surface area contributed by atoms with Crippen LogP contribution in [-0.4, -0.2) is 11.9 Å². The van der Waals surface area contributed by atoms with E-state index < -0.39 is 0 Å². The fraction of sp³-hybridized carbons (Fsp3) is 0.448. The maximum Gasteiger partial charge on any atom is 0.0446 e. The smallest absolute Gasteiger partial charge is 0.0446 e. The Morgan fingerprint density at radius 3 is 1.93 bits per heavy atom. The zero-order valence-corrected chi connectivity index (χ0v) is 21.3. The third kappa shape index (κ3) is 4.00. The average molecular weight is 406 g/mol. The zero-order valence-electron chi connectivity index (χ0n) is 21.3. The summed E-state index contributed by atoms with van der Waals surface area (Å²) in [6.07, 6.45) is 4.32. The van der Waals surface area contributed by atoms with E-state index in [2.05, 4.69) is 97.0 Å². The van der Waals surface area contributed by atoms with Crippen molar-refractivity contribution < 1.29 is 0 Å². The summed E-state index contributed by atoms with van der Waals surface area (Å²) in [5.41, 5.74) is 10.3. The third-order valence-corrected chi connectivity index (χ3v) is 6.66. The molecule has 0 saturated heterocycles. The van der Waals surface area contributed by atoms with Crippen molar-refractivity contribution in [3.8, 4) is 0 Å². The van der Waals surface area contributed by atoms with Crippen LogP contribution in [0, 0.1) is 5.41 Å². The van der Waals surface area contributed by atoms with Gasteiger partial charge in [0.15, 0.2) is 0 Å². The third-order valence-electron chi connectivity index (χ3n) is 6.66. The van der Waals surface area contributed by atoms with Gasteiger partial charge in [-0.3, -0.25) is 0 Å². The largest absolute Gasteiger partial charge is 0.344 e. The molecule has 0 atom stereocenters. The number of benzene rings is 1. The first-order valence-corrected chi connectivity index (χ1v) is 11.3. The summed E-state index contributed by atoms with van der Waals surface area (Å²) in [4.78, 5) is 2.25. The fourth-order valence-corrected chi connectivity index (χ4v) is 4.46. The van der Waals surface area contributed by atoms with Crippen molar-refractivity contribution in [1.82, 2.24) is 4.90 Å². The van der Waals surface area contributed by atoms with Crippen LogP contribution in [0.5, 0.6) is 0 Å². The summed E-state index contributed by atoms with van der Waals surface area (Å²) in [6, 6.07) is 8.76. The maximum absolute atomic E-state index is 4.48. The molecule has 0 radical (unpaired) electrons. The normalized spacial score (nSPS) is 20.3. The summed E-state index contributed by atoms with van der Waals surface area (Å²) < 4.78 is 0. The lowest BCUT2D eigenvalue weighted by Crippen LogP contribution is -2.33. The Morgan fingerprint density at radius 1 is 0.900 bits per heavy atom. The van der Waals surface area contributed by atoms with Crippen molar-refractivity contribution in [2.75, 3.05) is 7.05 Å². The van der Waals surface area contributed by atoms with Crippen LogP contribution < -0.4 is 0 Å². The van der Waals surface area contributed by atoms with Crippen molar-refractivity contribution in [3.63, 3.8) is 0 Å². The fourth-order valence-electron chi connectivity index (χ4n) is 4.46. The molecule has 1 aliphatic carbocycles. The van der Waals surface area contributed by atoms with Gasteiger partial charge in [0.05, 0.1) is 0 Å². The molecule has 0 fully saturated rings. The molecule has 0 bridgehead atoms. The van der Waals surface area contributed by atoms with Crippen LogP contribution in [0.15, 0.2) is 77.7 Å². The van der Waals surface area contributed by atoms with Crippen molar-refractivity contribution in [2.45, 2.75) is 74.7 Å². The molecule has 1 aliphatic heterocycles. The molecule has 1 nitrogen and oxygen atoms in total. The average Bonchev–Trinajstić information content (AvgIpc) is 2.94. The van der Waals surface area contributed by atoms with E-state index >= 15 is 0 Å². The van der Waals surface area contributed by atoms with Crippen LogP contribution in [0.4, 0.5) is 0 Å². The minimum Gasteiger partial charge on any atom is -0.344 e. The summed E-state index contributed by atoms with van der Waals surface area (Å²) in [7, 11) is 2.12. The minimum absolute atomic E-state index is 0.0104. The van der Waals surface area contributed by atoms with Crippen molar-refractivity contribution in [2.24, 2.45) is 5.41 Å². The summed E-state index contributed by atoms with van der Waals surface area (Å²) in [5.74, 6) is 0. The van der Waals surface area contributed by atoms with Crippen LogP contribution in [-0.2, 0) is 5.41 Å². The number of hydrogen-bond donors (Lipinski definition) is 0. The van der Waals surface area contributed by atoms with Gasteiger partial charge in [0.25, 0.3) is 0 Å². The van der Waals surface area contributed by atoms with Crippen LogP contribution in [0.1, 0.15) is 80.4 Å². The first kappa shape index (κ1) is 25.8. The van der Waals surface area contributed by atoms with E-state index in [0.29, 0.717) is 0 Å². The molecule has 0 unspecified atom stereocenters. The number of hydrogen-bond acceptors (Lipinski definition) is 1. The molecular weight excluding hydrogens is 362 g/mol. The predicted octanol–water partition coefficient (Wildman–Crippen LogP) is 8.68. The van der Waals surface area contributed by atoms with Crippen LogP contribution in [0.25, 0.3) is 5.57 Å². The van der Waals surface area contributed by atoms with Gasteiger partial charge < -0.3 is 4.90 Å². The highest BCUT2D eigenvalue weighted by atomic mass is 15.1. The number of rotatable bonds is 2. The van der Waals surface area contributed by atoms with E-state index in [1.165, 1.54) is 39.2 Å². The lowest BCUT2D eigenvalue weighted by atomic mass is 9.72. The van der Waals surface area contributed by atoms with Gasteiger partial charge in [0, 0.05) is 29.3 Å².